The number of aliphatic hydroxyl groups excluding tert-OH is 1. The standard InChI is InChI=1S/C14H21FN2O3S/c15-11-8-12(16)10-14(9-11)21(19,20)17(6-7-18)13-4-2-1-3-5-13/h8-10,13,18H,1-7,16H2. The minimum atomic E-state index is -3.85. The van der Waals surface area contributed by atoms with E-state index in [1.54, 1.807) is 0 Å². The molecule has 1 saturated carbocycles. The monoisotopic (exact) mass is 316 g/mol. The molecule has 1 aliphatic carbocycles. The van der Waals surface area contributed by atoms with E-state index >= 15 is 0 Å². The van der Waals surface area contributed by atoms with Crippen molar-refractivity contribution < 1.29 is 17.9 Å². The molecule has 7 heteroatoms. The van der Waals surface area contributed by atoms with E-state index in [1.165, 1.54) is 10.4 Å². The Labute approximate surface area is 124 Å². The Hall–Kier alpha value is -1.18. The fourth-order valence-electron chi connectivity index (χ4n) is 2.84. The minimum Gasteiger partial charge on any atom is -0.399 e. The van der Waals surface area contributed by atoms with Crippen LogP contribution in [0.25, 0.3) is 0 Å². The number of sulfonamides is 1. The van der Waals surface area contributed by atoms with Gasteiger partial charge in [0.15, 0.2) is 0 Å². The number of nitrogens with zero attached hydrogens (tertiary/aromatic N) is 1. The van der Waals surface area contributed by atoms with Crippen LogP contribution in [0.1, 0.15) is 32.1 Å². The van der Waals surface area contributed by atoms with Crippen LogP contribution in [-0.4, -0.2) is 37.0 Å². The number of halogens is 1. The summed E-state index contributed by atoms with van der Waals surface area (Å²) in [5.74, 6) is -0.679. The molecule has 0 aromatic heterocycles. The number of rotatable bonds is 5. The number of nitrogen functional groups attached to an aromatic ring is 1. The normalized spacial score (nSPS) is 17.3. The molecule has 118 valence electrons. The van der Waals surface area contributed by atoms with Crippen LogP contribution in [0.5, 0.6) is 0 Å². The van der Waals surface area contributed by atoms with Gasteiger partial charge in [0.2, 0.25) is 10.0 Å². The van der Waals surface area contributed by atoms with Crippen molar-refractivity contribution in [3.63, 3.8) is 0 Å². The van der Waals surface area contributed by atoms with Gasteiger partial charge in [-0.3, -0.25) is 0 Å². The highest BCUT2D eigenvalue weighted by Gasteiger charge is 2.32. The fourth-order valence-corrected chi connectivity index (χ4v) is 4.58. The van der Waals surface area contributed by atoms with Gasteiger partial charge < -0.3 is 10.8 Å². The van der Waals surface area contributed by atoms with E-state index in [1.807, 2.05) is 0 Å². The van der Waals surface area contributed by atoms with Crippen molar-refractivity contribution in [3.05, 3.63) is 24.0 Å². The fraction of sp³-hybridized carbons (Fsp3) is 0.571. The Kier molecular flexibility index (Phi) is 5.18. The van der Waals surface area contributed by atoms with Gasteiger partial charge in [-0.25, -0.2) is 12.8 Å². The minimum absolute atomic E-state index is 0.0173. The summed E-state index contributed by atoms with van der Waals surface area (Å²) >= 11 is 0. The molecule has 3 N–H and O–H groups in total. The second-order valence-electron chi connectivity index (χ2n) is 5.35. The van der Waals surface area contributed by atoms with Gasteiger partial charge in [0.1, 0.15) is 5.82 Å². The first kappa shape index (κ1) is 16.2. The molecule has 1 fully saturated rings. The maximum absolute atomic E-state index is 13.4. The average molecular weight is 316 g/mol. The summed E-state index contributed by atoms with van der Waals surface area (Å²) in [6, 6.07) is 3.17. The molecule has 2 rings (SSSR count). The first-order valence-electron chi connectivity index (χ1n) is 7.14. The average Bonchev–Trinajstić information content (AvgIpc) is 2.44. The van der Waals surface area contributed by atoms with Gasteiger partial charge >= 0.3 is 0 Å². The molecule has 1 aliphatic rings. The van der Waals surface area contributed by atoms with Crippen LogP contribution >= 0.6 is 0 Å². The van der Waals surface area contributed by atoms with E-state index in [-0.39, 0.29) is 29.8 Å². The lowest BCUT2D eigenvalue weighted by Gasteiger charge is -2.33. The molecule has 1 aromatic carbocycles. The Morgan fingerprint density at radius 2 is 1.90 bits per heavy atom. The van der Waals surface area contributed by atoms with Gasteiger partial charge in [-0.2, -0.15) is 4.31 Å². The largest absolute Gasteiger partial charge is 0.399 e. The molecule has 1 aromatic rings. The van der Waals surface area contributed by atoms with Gasteiger partial charge in [-0.05, 0) is 31.0 Å². The molecule has 21 heavy (non-hydrogen) atoms. The molecule has 0 atom stereocenters. The van der Waals surface area contributed by atoms with Crippen LogP contribution in [0.4, 0.5) is 10.1 Å². The van der Waals surface area contributed by atoms with Gasteiger partial charge in [-0.15, -0.1) is 0 Å². The zero-order valence-electron chi connectivity index (χ0n) is 11.8. The van der Waals surface area contributed by atoms with Crippen molar-refractivity contribution in [2.45, 2.75) is 43.0 Å². The Morgan fingerprint density at radius 3 is 2.48 bits per heavy atom. The molecular formula is C14H21FN2O3S. The SMILES string of the molecule is Nc1cc(F)cc(S(=O)(=O)N(CCO)C2CCCCC2)c1. The summed E-state index contributed by atoms with van der Waals surface area (Å²) < 4.78 is 40.2. The van der Waals surface area contributed by atoms with Crippen molar-refractivity contribution in [2.24, 2.45) is 0 Å². The highest BCUT2D eigenvalue weighted by Crippen LogP contribution is 2.28. The molecule has 0 unspecified atom stereocenters. The molecule has 0 heterocycles. The number of nitrogens with two attached hydrogens (primary N) is 1. The quantitative estimate of drug-likeness (QED) is 0.810. The molecule has 0 bridgehead atoms. The molecule has 5 nitrogen and oxygen atoms in total. The number of hydrogen-bond donors (Lipinski definition) is 2. The van der Waals surface area contributed by atoms with Crippen LogP contribution in [0.15, 0.2) is 23.1 Å². The van der Waals surface area contributed by atoms with Gasteiger partial charge in [0, 0.05) is 18.3 Å². The maximum atomic E-state index is 13.4. The van der Waals surface area contributed by atoms with Gasteiger partial charge in [0.25, 0.3) is 0 Å². The predicted molar refractivity (Wildman–Crippen MR) is 78.7 cm³/mol. The molecule has 0 spiro atoms. The van der Waals surface area contributed by atoms with E-state index in [2.05, 4.69) is 0 Å². The van der Waals surface area contributed by atoms with Crippen LogP contribution in [0, 0.1) is 5.82 Å². The summed E-state index contributed by atoms with van der Waals surface area (Å²) in [6.45, 7) is -0.246. The lowest BCUT2D eigenvalue weighted by molar-refractivity contribution is 0.199. The molecule has 0 radical (unpaired) electrons. The summed E-state index contributed by atoms with van der Waals surface area (Å²) in [6.07, 6.45) is 4.56. The first-order chi connectivity index (χ1) is 9.95. The van der Waals surface area contributed by atoms with Crippen molar-refractivity contribution >= 4 is 15.7 Å². The number of hydrogen-bond acceptors (Lipinski definition) is 4. The Balaban J connectivity index is 2.36. The summed E-state index contributed by atoms with van der Waals surface area (Å²) in [5, 5.41) is 9.18. The maximum Gasteiger partial charge on any atom is 0.243 e. The zero-order chi connectivity index (χ0) is 15.5. The number of aliphatic hydroxyl groups is 1. The topological polar surface area (TPSA) is 83.6 Å². The van der Waals surface area contributed by atoms with Crippen LogP contribution in [-0.2, 0) is 10.0 Å². The summed E-state index contributed by atoms with van der Waals surface area (Å²) in [4.78, 5) is -0.154. The smallest absolute Gasteiger partial charge is 0.243 e. The third kappa shape index (κ3) is 3.72. The van der Waals surface area contributed by atoms with Crippen molar-refractivity contribution in [3.8, 4) is 0 Å². The lowest BCUT2D eigenvalue weighted by atomic mass is 9.95. The second kappa shape index (κ2) is 6.72. The van der Waals surface area contributed by atoms with Gasteiger partial charge in [-0.1, -0.05) is 19.3 Å². The number of benzene rings is 1. The second-order valence-corrected chi connectivity index (χ2v) is 7.24. The molecule has 0 aliphatic heterocycles. The first-order valence-corrected chi connectivity index (χ1v) is 8.58. The zero-order valence-corrected chi connectivity index (χ0v) is 12.7. The highest BCUT2D eigenvalue weighted by molar-refractivity contribution is 7.89. The Morgan fingerprint density at radius 1 is 1.24 bits per heavy atom. The molecular weight excluding hydrogens is 295 g/mol. The van der Waals surface area contributed by atoms with Crippen LogP contribution < -0.4 is 5.73 Å². The van der Waals surface area contributed by atoms with Crippen molar-refractivity contribution in [1.82, 2.24) is 4.31 Å². The van der Waals surface area contributed by atoms with Crippen LogP contribution in [0.2, 0.25) is 0 Å². The van der Waals surface area contributed by atoms with Crippen LogP contribution in [0.3, 0.4) is 0 Å². The molecule has 0 amide bonds. The number of anilines is 1. The van der Waals surface area contributed by atoms with Crippen molar-refractivity contribution in [1.29, 1.82) is 0 Å². The van der Waals surface area contributed by atoms with Gasteiger partial charge in [0.05, 0.1) is 11.5 Å². The van der Waals surface area contributed by atoms with E-state index < -0.39 is 15.8 Å². The highest BCUT2D eigenvalue weighted by atomic mass is 32.2. The summed E-state index contributed by atoms with van der Waals surface area (Å²) in [7, 11) is -3.85. The Bertz CT molecular complexity index is 566. The van der Waals surface area contributed by atoms with E-state index in [4.69, 9.17) is 5.73 Å². The third-order valence-corrected chi connectivity index (χ3v) is 5.73. The molecule has 0 saturated heterocycles. The third-order valence-electron chi connectivity index (χ3n) is 3.80. The lowest BCUT2D eigenvalue weighted by Crippen LogP contribution is -2.43. The summed E-state index contributed by atoms with van der Waals surface area (Å²) in [5.41, 5.74) is 5.61. The van der Waals surface area contributed by atoms with E-state index in [0.29, 0.717) is 0 Å². The van der Waals surface area contributed by atoms with E-state index in [9.17, 15) is 17.9 Å². The predicted octanol–water partition coefficient (Wildman–Crippen LogP) is 1.72. The van der Waals surface area contributed by atoms with Crippen molar-refractivity contribution in [2.75, 3.05) is 18.9 Å². The van der Waals surface area contributed by atoms with E-state index in [0.717, 1.165) is 44.2 Å².